The van der Waals surface area contributed by atoms with Crippen LogP contribution in [0.4, 0.5) is 24.8 Å². The van der Waals surface area contributed by atoms with Crippen molar-refractivity contribution in [2.75, 3.05) is 11.9 Å². The first kappa shape index (κ1) is 22.8. The van der Waals surface area contributed by atoms with E-state index in [0.717, 1.165) is 24.8 Å². The van der Waals surface area contributed by atoms with Crippen molar-refractivity contribution in [3.63, 3.8) is 0 Å². The lowest BCUT2D eigenvalue weighted by Crippen LogP contribution is -2.17. The van der Waals surface area contributed by atoms with Crippen LogP contribution in [0, 0.1) is 0 Å². The third-order valence-electron chi connectivity index (χ3n) is 4.32. The number of nitrogens with zero attached hydrogens (tertiary/aromatic N) is 2. The number of halogens is 3. The van der Waals surface area contributed by atoms with Crippen molar-refractivity contribution < 1.29 is 22.6 Å². The van der Waals surface area contributed by atoms with E-state index in [4.69, 9.17) is 9.47 Å². The van der Waals surface area contributed by atoms with Crippen LogP contribution in [-0.2, 0) is 6.18 Å². The minimum Gasteiger partial charge on any atom is -0.494 e. The Hall–Kier alpha value is -2.51. The Morgan fingerprint density at radius 3 is 2.41 bits per heavy atom. The average molecular weight is 411 g/mol. The lowest BCUT2D eigenvalue weighted by Gasteiger charge is -2.17. The number of rotatable bonds is 11. The van der Waals surface area contributed by atoms with E-state index in [0.29, 0.717) is 18.7 Å². The third-order valence-corrected chi connectivity index (χ3v) is 4.32. The fourth-order valence-electron chi connectivity index (χ4n) is 2.47. The van der Waals surface area contributed by atoms with Crippen LogP contribution < -0.4 is 14.8 Å². The first-order valence-corrected chi connectivity index (χ1v) is 9.94. The van der Waals surface area contributed by atoms with Crippen molar-refractivity contribution in [1.82, 2.24) is 9.97 Å². The molecule has 8 heteroatoms. The van der Waals surface area contributed by atoms with Crippen LogP contribution >= 0.6 is 0 Å². The second kappa shape index (κ2) is 10.9. The first-order chi connectivity index (χ1) is 13.8. The Morgan fingerprint density at radius 1 is 1.07 bits per heavy atom. The number of unbranched alkanes of at least 4 members (excludes halogenated alkanes) is 3. The minimum atomic E-state index is -4.59. The summed E-state index contributed by atoms with van der Waals surface area (Å²) >= 11 is 0. The number of ether oxygens (including phenoxy) is 2. The maximum atomic E-state index is 13.2. The summed E-state index contributed by atoms with van der Waals surface area (Å²) in [4.78, 5) is 7.71. The molecule has 160 valence electrons. The summed E-state index contributed by atoms with van der Waals surface area (Å²) in [5.41, 5.74) is -0.354. The monoisotopic (exact) mass is 411 g/mol. The Morgan fingerprint density at radius 2 is 1.79 bits per heavy atom. The second-order valence-electron chi connectivity index (χ2n) is 6.81. The molecule has 0 aliphatic rings. The zero-order valence-electron chi connectivity index (χ0n) is 17.1. The predicted octanol–water partition coefficient (Wildman–Crippen LogP) is 6.38. The van der Waals surface area contributed by atoms with Gasteiger partial charge in [0.05, 0.1) is 12.7 Å². The van der Waals surface area contributed by atoms with Gasteiger partial charge >= 0.3 is 6.18 Å². The van der Waals surface area contributed by atoms with Gasteiger partial charge in [-0.15, -0.1) is 0 Å². The molecule has 1 N–H and O–H groups in total. The molecule has 2 rings (SSSR count). The molecule has 0 aliphatic carbocycles. The molecule has 1 aromatic carbocycles. The second-order valence-corrected chi connectivity index (χ2v) is 6.81. The van der Waals surface area contributed by atoms with Gasteiger partial charge in [0.15, 0.2) is 0 Å². The van der Waals surface area contributed by atoms with Gasteiger partial charge in [0, 0.05) is 11.9 Å². The number of hydrogen-bond donors (Lipinski definition) is 1. The summed E-state index contributed by atoms with van der Waals surface area (Å²) in [6.45, 7) is 6.33. The molecule has 0 amide bonds. The largest absolute Gasteiger partial charge is 0.494 e. The number of alkyl halides is 3. The maximum Gasteiger partial charge on any atom is 0.423 e. The Kier molecular flexibility index (Phi) is 8.54. The molecular weight excluding hydrogens is 383 g/mol. The Balaban J connectivity index is 2.04. The molecule has 1 unspecified atom stereocenters. The molecule has 29 heavy (non-hydrogen) atoms. The van der Waals surface area contributed by atoms with E-state index in [-0.39, 0.29) is 5.95 Å². The molecule has 5 nitrogen and oxygen atoms in total. The molecule has 0 aliphatic heterocycles. The highest BCUT2D eigenvalue weighted by molar-refractivity contribution is 5.55. The number of benzene rings is 1. The SMILES string of the molecule is CCCCCCOc1ccc(Nc2ncc(C(F)(F)F)c(OC(C)CC)n2)cc1. The van der Waals surface area contributed by atoms with E-state index in [1.807, 2.05) is 6.92 Å². The Labute approximate surface area is 169 Å². The fourth-order valence-corrected chi connectivity index (χ4v) is 2.47. The van der Waals surface area contributed by atoms with Gasteiger partial charge in [0.2, 0.25) is 11.8 Å². The zero-order chi connectivity index (χ0) is 21.3. The highest BCUT2D eigenvalue weighted by atomic mass is 19.4. The quantitative estimate of drug-likeness (QED) is 0.435. The average Bonchev–Trinajstić information content (AvgIpc) is 2.68. The molecule has 0 fully saturated rings. The van der Waals surface area contributed by atoms with Gasteiger partial charge in [-0.05, 0) is 44.0 Å². The molecule has 0 saturated carbocycles. The van der Waals surface area contributed by atoms with Gasteiger partial charge in [0.1, 0.15) is 11.3 Å². The van der Waals surface area contributed by atoms with Gasteiger partial charge in [-0.1, -0.05) is 33.1 Å². The third kappa shape index (κ3) is 7.44. The van der Waals surface area contributed by atoms with E-state index in [1.165, 1.54) is 12.8 Å². The van der Waals surface area contributed by atoms with E-state index < -0.39 is 23.7 Å². The fraction of sp³-hybridized carbons (Fsp3) is 0.524. The van der Waals surface area contributed by atoms with Crippen LogP contribution in [0.25, 0.3) is 0 Å². The molecule has 0 bridgehead atoms. The lowest BCUT2D eigenvalue weighted by molar-refractivity contribution is -0.139. The molecule has 0 radical (unpaired) electrons. The number of hydrogen-bond acceptors (Lipinski definition) is 5. The minimum absolute atomic E-state index is 0.0320. The van der Waals surface area contributed by atoms with E-state index in [1.54, 1.807) is 31.2 Å². The highest BCUT2D eigenvalue weighted by Gasteiger charge is 2.36. The van der Waals surface area contributed by atoms with Crippen LogP contribution in [0.3, 0.4) is 0 Å². The molecular formula is C21H28F3N3O2. The van der Waals surface area contributed by atoms with Crippen LogP contribution in [0.1, 0.15) is 58.4 Å². The molecule has 1 heterocycles. The summed E-state index contributed by atoms with van der Waals surface area (Å²) in [6, 6.07) is 7.11. The van der Waals surface area contributed by atoms with Crippen LogP contribution in [-0.4, -0.2) is 22.7 Å². The highest BCUT2D eigenvalue weighted by Crippen LogP contribution is 2.36. The number of anilines is 2. The summed E-state index contributed by atoms with van der Waals surface area (Å²) in [7, 11) is 0. The van der Waals surface area contributed by atoms with Crippen molar-refractivity contribution in [3.8, 4) is 11.6 Å². The van der Waals surface area contributed by atoms with Crippen molar-refractivity contribution in [3.05, 3.63) is 36.0 Å². The van der Waals surface area contributed by atoms with Crippen LogP contribution in [0.15, 0.2) is 30.5 Å². The molecule has 2 aromatic rings. The van der Waals surface area contributed by atoms with E-state index in [9.17, 15) is 13.2 Å². The lowest BCUT2D eigenvalue weighted by atomic mass is 10.2. The summed E-state index contributed by atoms with van der Waals surface area (Å²) in [6.07, 6.45) is 0.836. The summed E-state index contributed by atoms with van der Waals surface area (Å²) in [5, 5.41) is 2.90. The van der Waals surface area contributed by atoms with Crippen molar-refractivity contribution in [2.24, 2.45) is 0 Å². The zero-order valence-corrected chi connectivity index (χ0v) is 17.1. The van der Waals surface area contributed by atoms with E-state index >= 15 is 0 Å². The number of aromatic nitrogens is 2. The normalized spacial score (nSPS) is 12.5. The standard InChI is InChI=1S/C21H28F3N3O2/c1-4-6-7-8-13-28-17-11-9-16(10-12-17)26-20-25-14-18(21(22,23)24)19(27-20)29-15(3)5-2/h9-12,14-15H,4-8,13H2,1-3H3,(H,25,26,27). The van der Waals surface area contributed by atoms with Crippen molar-refractivity contribution in [1.29, 1.82) is 0 Å². The van der Waals surface area contributed by atoms with Crippen LogP contribution in [0.5, 0.6) is 11.6 Å². The van der Waals surface area contributed by atoms with Gasteiger partial charge in [0.25, 0.3) is 0 Å². The predicted molar refractivity (Wildman–Crippen MR) is 107 cm³/mol. The molecule has 0 saturated heterocycles. The van der Waals surface area contributed by atoms with Gasteiger partial charge in [-0.25, -0.2) is 4.98 Å². The van der Waals surface area contributed by atoms with Crippen molar-refractivity contribution in [2.45, 2.75) is 65.2 Å². The van der Waals surface area contributed by atoms with E-state index in [2.05, 4.69) is 22.2 Å². The Bertz CT molecular complexity index is 752. The first-order valence-electron chi connectivity index (χ1n) is 9.94. The van der Waals surface area contributed by atoms with Crippen LogP contribution in [0.2, 0.25) is 0 Å². The number of nitrogens with one attached hydrogen (secondary N) is 1. The van der Waals surface area contributed by atoms with Gasteiger partial charge < -0.3 is 14.8 Å². The molecule has 0 spiro atoms. The maximum absolute atomic E-state index is 13.2. The smallest absolute Gasteiger partial charge is 0.423 e. The molecule has 1 atom stereocenters. The summed E-state index contributed by atoms with van der Waals surface area (Å²) < 4.78 is 50.6. The van der Waals surface area contributed by atoms with Crippen molar-refractivity contribution >= 4 is 11.6 Å². The topological polar surface area (TPSA) is 56.3 Å². The molecule has 1 aromatic heterocycles. The summed E-state index contributed by atoms with van der Waals surface area (Å²) in [5.74, 6) is 0.294. The van der Waals surface area contributed by atoms with Gasteiger partial charge in [-0.3, -0.25) is 0 Å². The van der Waals surface area contributed by atoms with Gasteiger partial charge in [-0.2, -0.15) is 18.2 Å².